The molecular formula is C21H31NO3. The number of carbonyl (C=O) groups excluding carboxylic acids is 2. The average molecular weight is 345 g/mol. The summed E-state index contributed by atoms with van der Waals surface area (Å²) in [5.74, 6) is 0.205. The van der Waals surface area contributed by atoms with Crippen molar-refractivity contribution in [3.05, 3.63) is 35.9 Å². The summed E-state index contributed by atoms with van der Waals surface area (Å²) in [6.45, 7) is 8.89. The molecule has 0 bridgehead atoms. The zero-order valence-corrected chi connectivity index (χ0v) is 16.2. The Morgan fingerprint density at radius 2 is 1.88 bits per heavy atom. The van der Waals surface area contributed by atoms with Gasteiger partial charge in [-0.05, 0) is 31.2 Å². The van der Waals surface area contributed by atoms with E-state index >= 15 is 0 Å². The zero-order valence-electron chi connectivity index (χ0n) is 16.2. The van der Waals surface area contributed by atoms with E-state index in [1.165, 1.54) is 0 Å². The summed E-state index contributed by atoms with van der Waals surface area (Å²) in [5.41, 5.74) is -0.104. The van der Waals surface area contributed by atoms with Crippen LogP contribution < -0.4 is 0 Å². The van der Waals surface area contributed by atoms with Crippen LogP contribution in [0, 0.1) is 16.7 Å². The summed E-state index contributed by atoms with van der Waals surface area (Å²) < 4.78 is 5.59. The van der Waals surface area contributed by atoms with Crippen molar-refractivity contribution in [2.24, 2.45) is 16.7 Å². The SMILES string of the molecule is CCC(C)C1(C)CCC(C)(C(=O)OCc2ccccc2)CN(C)C1=O. The Balaban J connectivity index is 2.12. The predicted octanol–water partition coefficient (Wildman–Crippen LogP) is 4.04. The van der Waals surface area contributed by atoms with Crippen LogP contribution in [0.4, 0.5) is 0 Å². The maximum atomic E-state index is 12.9. The average Bonchev–Trinajstić information content (AvgIpc) is 2.71. The van der Waals surface area contributed by atoms with Gasteiger partial charge in [-0.15, -0.1) is 0 Å². The van der Waals surface area contributed by atoms with E-state index in [1.807, 2.05) is 44.2 Å². The summed E-state index contributed by atoms with van der Waals surface area (Å²) in [6.07, 6.45) is 2.32. The third-order valence-corrected chi connectivity index (χ3v) is 6.02. The molecule has 2 rings (SSSR count). The van der Waals surface area contributed by atoms with Gasteiger partial charge < -0.3 is 9.64 Å². The Bertz CT molecular complexity index is 615. The molecule has 138 valence electrons. The Morgan fingerprint density at radius 1 is 1.24 bits per heavy atom. The number of hydrogen-bond donors (Lipinski definition) is 0. The number of carbonyl (C=O) groups is 2. The van der Waals surface area contributed by atoms with Gasteiger partial charge in [-0.3, -0.25) is 9.59 Å². The van der Waals surface area contributed by atoms with Gasteiger partial charge in [0.05, 0.1) is 5.41 Å². The van der Waals surface area contributed by atoms with Gasteiger partial charge >= 0.3 is 5.97 Å². The number of esters is 1. The lowest BCUT2D eigenvalue weighted by molar-refractivity contribution is -0.157. The van der Waals surface area contributed by atoms with Gasteiger partial charge in [0.15, 0.2) is 0 Å². The van der Waals surface area contributed by atoms with Crippen molar-refractivity contribution in [1.29, 1.82) is 0 Å². The van der Waals surface area contributed by atoms with E-state index in [0.29, 0.717) is 19.4 Å². The van der Waals surface area contributed by atoms with Crippen LogP contribution in [0.15, 0.2) is 30.3 Å². The van der Waals surface area contributed by atoms with Crippen LogP contribution in [-0.2, 0) is 20.9 Å². The van der Waals surface area contributed by atoms with E-state index in [1.54, 1.807) is 11.9 Å². The first kappa shape index (κ1) is 19.5. The van der Waals surface area contributed by atoms with E-state index in [4.69, 9.17) is 4.74 Å². The molecule has 0 spiro atoms. The van der Waals surface area contributed by atoms with Crippen LogP contribution in [0.25, 0.3) is 0 Å². The molecule has 25 heavy (non-hydrogen) atoms. The molecule has 4 heteroatoms. The Labute approximate surface area is 151 Å². The first-order chi connectivity index (χ1) is 11.7. The fourth-order valence-electron chi connectivity index (χ4n) is 3.72. The minimum Gasteiger partial charge on any atom is -0.460 e. The van der Waals surface area contributed by atoms with E-state index in [0.717, 1.165) is 12.0 Å². The first-order valence-corrected chi connectivity index (χ1v) is 9.19. The normalized spacial score (nSPS) is 28.4. The van der Waals surface area contributed by atoms with Crippen LogP contribution in [0.5, 0.6) is 0 Å². The largest absolute Gasteiger partial charge is 0.460 e. The second-order valence-corrected chi connectivity index (χ2v) is 8.01. The van der Waals surface area contributed by atoms with E-state index in [-0.39, 0.29) is 24.4 Å². The number of amides is 1. The van der Waals surface area contributed by atoms with Crippen molar-refractivity contribution < 1.29 is 14.3 Å². The Hall–Kier alpha value is -1.84. The van der Waals surface area contributed by atoms with Crippen molar-refractivity contribution in [2.45, 2.75) is 53.6 Å². The Kier molecular flexibility index (Phi) is 5.91. The van der Waals surface area contributed by atoms with E-state index in [2.05, 4.69) is 13.8 Å². The molecule has 1 heterocycles. The molecule has 1 aliphatic heterocycles. The lowest BCUT2D eigenvalue weighted by Crippen LogP contribution is -2.45. The van der Waals surface area contributed by atoms with Crippen LogP contribution in [0.2, 0.25) is 0 Å². The zero-order chi connectivity index (χ0) is 18.7. The molecule has 0 saturated carbocycles. The molecular weight excluding hydrogens is 314 g/mol. The highest BCUT2D eigenvalue weighted by Crippen LogP contribution is 2.43. The van der Waals surface area contributed by atoms with Crippen molar-refractivity contribution in [3.8, 4) is 0 Å². The summed E-state index contributed by atoms with van der Waals surface area (Å²) in [4.78, 5) is 27.4. The van der Waals surface area contributed by atoms with E-state index < -0.39 is 10.8 Å². The highest BCUT2D eigenvalue weighted by molar-refractivity contribution is 5.85. The van der Waals surface area contributed by atoms with Crippen molar-refractivity contribution in [1.82, 2.24) is 4.90 Å². The molecule has 3 unspecified atom stereocenters. The maximum absolute atomic E-state index is 12.9. The monoisotopic (exact) mass is 345 g/mol. The highest BCUT2D eigenvalue weighted by Gasteiger charge is 2.48. The van der Waals surface area contributed by atoms with Gasteiger partial charge in [0.25, 0.3) is 0 Å². The molecule has 0 N–H and O–H groups in total. The first-order valence-electron chi connectivity index (χ1n) is 9.19. The van der Waals surface area contributed by atoms with Crippen LogP contribution in [0.1, 0.15) is 52.5 Å². The lowest BCUT2D eigenvalue weighted by atomic mass is 9.71. The number of ether oxygens (including phenoxy) is 1. The van der Waals surface area contributed by atoms with Crippen LogP contribution >= 0.6 is 0 Å². The fourth-order valence-corrected chi connectivity index (χ4v) is 3.72. The van der Waals surface area contributed by atoms with Crippen molar-refractivity contribution in [3.63, 3.8) is 0 Å². The molecule has 1 aliphatic rings. The molecule has 3 atom stereocenters. The van der Waals surface area contributed by atoms with Gasteiger partial charge in [-0.25, -0.2) is 0 Å². The summed E-state index contributed by atoms with van der Waals surface area (Å²) >= 11 is 0. The van der Waals surface area contributed by atoms with Gasteiger partial charge in [-0.2, -0.15) is 0 Å². The van der Waals surface area contributed by atoms with Gasteiger partial charge in [0.1, 0.15) is 6.61 Å². The van der Waals surface area contributed by atoms with Crippen molar-refractivity contribution in [2.75, 3.05) is 13.6 Å². The number of benzene rings is 1. The van der Waals surface area contributed by atoms with Gasteiger partial charge in [0.2, 0.25) is 5.91 Å². The molecule has 1 fully saturated rings. The second-order valence-electron chi connectivity index (χ2n) is 8.01. The van der Waals surface area contributed by atoms with Gasteiger partial charge in [-0.1, -0.05) is 57.5 Å². The van der Waals surface area contributed by atoms with Crippen molar-refractivity contribution >= 4 is 11.9 Å². The standard InChI is InChI=1S/C21H31NO3/c1-6-16(2)21(4)13-12-20(3,15-22(5)18(21)23)19(24)25-14-17-10-8-7-9-11-17/h7-11,16H,6,12-15H2,1-5H3. The summed E-state index contributed by atoms with van der Waals surface area (Å²) in [5, 5.41) is 0. The van der Waals surface area contributed by atoms with Gasteiger partial charge in [0, 0.05) is 19.0 Å². The quantitative estimate of drug-likeness (QED) is 0.757. The minimum absolute atomic E-state index is 0.140. The molecule has 1 amide bonds. The fraction of sp³-hybridized carbons (Fsp3) is 0.619. The third kappa shape index (κ3) is 4.05. The third-order valence-electron chi connectivity index (χ3n) is 6.02. The maximum Gasteiger partial charge on any atom is 0.313 e. The van der Waals surface area contributed by atoms with Crippen LogP contribution in [0.3, 0.4) is 0 Å². The molecule has 0 radical (unpaired) electrons. The number of hydrogen-bond acceptors (Lipinski definition) is 3. The topological polar surface area (TPSA) is 46.6 Å². The highest BCUT2D eigenvalue weighted by atomic mass is 16.5. The summed E-state index contributed by atoms with van der Waals surface area (Å²) in [7, 11) is 1.80. The van der Waals surface area contributed by atoms with Crippen LogP contribution in [-0.4, -0.2) is 30.4 Å². The summed E-state index contributed by atoms with van der Waals surface area (Å²) in [6, 6.07) is 9.69. The molecule has 4 nitrogen and oxygen atoms in total. The van der Waals surface area contributed by atoms with E-state index in [9.17, 15) is 9.59 Å². The molecule has 0 aromatic heterocycles. The second kappa shape index (κ2) is 7.59. The predicted molar refractivity (Wildman–Crippen MR) is 98.8 cm³/mol. The Morgan fingerprint density at radius 3 is 2.48 bits per heavy atom. The number of likely N-dealkylation sites (tertiary alicyclic amines) is 1. The lowest BCUT2D eigenvalue weighted by Gasteiger charge is -2.35. The molecule has 0 aliphatic carbocycles. The minimum atomic E-state index is -0.662. The smallest absolute Gasteiger partial charge is 0.313 e. The molecule has 1 aromatic carbocycles. The number of nitrogens with zero attached hydrogens (tertiary/aromatic N) is 1. The number of rotatable bonds is 5. The molecule has 1 aromatic rings. The molecule has 1 saturated heterocycles.